The van der Waals surface area contributed by atoms with E-state index in [1.54, 1.807) is 33.8 Å². The van der Waals surface area contributed by atoms with Crippen LogP contribution in [-0.2, 0) is 16.1 Å². The van der Waals surface area contributed by atoms with Crippen molar-refractivity contribution >= 4 is 22.9 Å². The van der Waals surface area contributed by atoms with Crippen molar-refractivity contribution < 1.29 is 23.5 Å². The number of esters is 2. The lowest BCUT2D eigenvalue weighted by molar-refractivity contribution is 0.0376. The number of aromatic amines is 1. The SMILES string of the molecule is Cc1ccc2c(COC(=O)c3[nH]c(C)c(C(=O)OC(C)C)c3C)cc(=O)oc2c1. The smallest absolute Gasteiger partial charge is 0.355 e. The molecule has 1 N–H and O–H groups in total. The second kappa shape index (κ2) is 7.95. The fourth-order valence-corrected chi connectivity index (χ4v) is 3.21. The zero-order valence-corrected chi connectivity index (χ0v) is 17.0. The predicted octanol–water partition coefficient (Wildman–Crippen LogP) is 3.97. The minimum Gasteiger partial charge on any atom is -0.459 e. The van der Waals surface area contributed by atoms with Gasteiger partial charge in [-0.2, -0.15) is 0 Å². The van der Waals surface area contributed by atoms with Crippen LogP contribution < -0.4 is 5.63 Å². The van der Waals surface area contributed by atoms with Gasteiger partial charge in [0.05, 0.1) is 11.7 Å². The van der Waals surface area contributed by atoms with Crippen molar-refractivity contribution in [2.45, 2.75) is 47.3 Å². The Hall–Kier alpha value is -3.35. The van der Waals surface area contributed by atoms with Gasteiger partial charge in [0.25, 0.3) is 0 Å². The van der Waals surface area contributed by atoms with E-state index in [1.165, 1.54) is 6.07 Å². The second-order valence-corrected chi connectivity index (χ2v) is 7.25. The molecule has 7 nitrogen and oxygen atoms in total. The van der Waals surface area contributed by atoms with Gasteiger partial charge in [-0.1, -0.05) is 12.1 Å². The third-order valence-electron chi connectivity index (χ3n) is 4.53. The highest BCUT2D eigenvalue weighted by atomic mass is 16.5. The number of hydrogen-bond donors (Lipinski definition) is 1. The van der Waals surface area contributed by atoms with E-state index in [-0.39, 0.29) is 18.4 Å². The third-order valence-corrected chi connectivity index (χ3v) is 4.53. The molecule has 0 fully saturated rings. The van der Waals surface area contributed by atoms with Crippen LogP contribution in [0.5, 0.6) is 0 Å². The normalized spacial score (nSPS) is 11.1. The van der Waals surface area contributed by atoms with Crippen molar-refractivity contribution in [3.05, 3.63) is 68.3 Å². The molecule has 0 saturated carbocycles. The molecule has 2 heterocycles. The number of carbonyl (C=O) groups excluding carboxylic acids is 2. The highest BCUT2D eigenvalue weighted by Gasteiger charge is 2.24. The van der Waals surface area contributed by atoms with Crippen molar-refractivity contribution in [2.24, 2.45) is 0 Å². The summed E-state index contributed by atoms with van der Waals surface area (Å²) < 4.78 is 15.9. The molecule has 0 spiro atoms. The van der Waals surface area contributed by atoms with Crippen LogP contribution in [0, 0.1) is 20.8 Å². The molecule has 0 radical (unpaired) electrons. The first kappa shape index (κ1) is 20.4. The summed E-state index contributed by atoms with van der Waals surface area (Å²) in [5.41, 5.74) is 2.92. The molecule has 2 aromatic heterocycles. The van der Waals surface area contributed by atoms with Gasteiger partial charge in [0.15, 0.2) is 0 Å². The highest BCUT2D eigenvalue weighted by molar-refractivity contribution is 5.98. The molecule has 152 valence electrons. The average molecular weight is 397 g/mol. The number of benzene rings is 1. The Labute approximate surface area is 167 Å². The summed E-state index contributed by atoms with van der Waals surface area (Å²) in [7, 11) is 0. The molecular weight excluding hydrogens is 374 g/mol. The summed E-state index contributed by atoms with van der Waals surface area (Å²) in [6.45, 7) is 8.65. The maximum Gasteiger partial charge on any atom is 0.355 e. The predicted molar refractivity (Wildman–Crippen MR) is 107 cm³/mol. The summed E-state index contributed by atoms with van der Waals surface area (Å²) >= 11 is 0. The molecule has 0 aliphatic heterocycles. The fourth-order valence-electron chi connectivity index (χ4n) is 3.21. The summed E-state index contributed by atoms with van der Waals surface area (Å²) in [6, 6.07) is 6.77. The Bertz CT molecular complexity index is 1150. The van der Waals surface area contributed by atoms with Crippen molar-refractivity contribution in [3.63, 3.8) is 0 Å². The van der Waals surface area contributed by atoms with Crippen LogP contribution in [0.15, 0.2) is 33.5 Å². The fraction of sp³-hybridized carbons (Fsp3) is 0.318. The third kappa shape index (κ3) is 4.23. The number of aryl methyl sites for hydroxylation is 2. The van der Waals surface area contributed by atoms with Gasteiger partial charge in [-0.05, 0) is 51.8 Å². The minimum absolute atomic E-state index is 0.104. The number of rotatable bonds is 5. The summed E-state index contributed by atoms with van der Waals surface area (Å²) in [5.74, 6) is -1.12. The summed E-state index contributed by atoms with van der Waals surface area (Å²) in [6.07, 6.45) is -0.270. The van der Waals surface area contributed by atoms with Gasteiger partial charge in [-0.15, -0.1) is 0 Å². The lowest BCUT2D eigenvalue weighted by Gasteiger charge is -2.09. The largest absolute Gasteiger partial charge is 0.459 e. The lowest BCUT2D eigenvalue weighted by Crippen LogP contribution is -2.13. The van der Waals surface area contributed by atoms with Crippen LogP contribution in [0.25, 0.3) is 11.0 Å². The van der Waals surface area contributed by atoms with E-state index in [2.05, 4.69) is 4.98 Å². The Morgan fingerprint density at radius 3 is 2.52 bits per heavy atom. The van der Waals surface area contributed by atoms with Gasteiger partial charge in [0, 0.05) is 22.7 Å². The van der Waals surface area contributed by atoms with Gasteiger partial charge >= 0.3 is 17.6 Å². The molecule has 3 rings (SSSR count). The van der Waals surface area contributed by atoms with Gasteiger partial charge in [0.1, 0.15) is 17.9 Å². The molecule has 3 aromatic rings. The van der Waals surface area contributed by atoms with E-state index < -0.39 is 17.6 Å². The number of H-pyrrole nitrogens is 1. The number of fused-ring (bicyclic) bond motifs is 1. The first-order valence-corrected chi connectivity index (χ1v) is 9.28. The maximum absolute atomic E-state index is 12.6. The first-order valence-electron chi connectivity index (χ1n) is 9.28. The van der Waals surface area contributed by atoms with Gasteiger partial charge < -0.3 is 18.9 Å². The maximum atomic E-state index is 12.6. The molecule has 0 bridgehead atoms. The van der Waals surface area contributed by atoms with E-state index in [9.17, 15) is 14.4 Å². The van der Waals surface area contributed by atoms with Crippen molar-refractivity contribution in [3.8, 4) is 0 Å². The summed E-state index contributed by atoms with van der Waals surface area (Å²) in [4.78, 5) is 39.6. The van der Waals surface area contributed by atoms with Crippen LogP contribution >= 0.6 is 0 Å². The quantitative estimate of drug-likeness (QED) is 0.517. The second-order valence-electron chi connectivity index (χ2n) is 7.25. The topological polar surface area (TPSA) is 98.6 Å². The number of nitrogens with one attached hydrogen (secondary N) is 1. The first-order chi connectivity index (χ1) is 13.7. The van der Waals surface area contributed by atoms with Crippen LogP contribution in [0.3, 0.4) is 0 Å². The van der Waals surface area contributed by atoms with E-state index >= 15 is 0 Å². The van der Waals surface area contributed by atoms with Gasteiger partial charge in [-0.25, -0.2) is 14.4 Å². The molecule has 0 aliphatic rings. The van der Waals surface area contributed by atoms with Gasteiger partial charge in [-0.3, -0.25) is 0 Å². The number of carbonyl (C=O) groups is 2. The number of aromatic nitrogens is 1. The van der Waals surface area contributed by atoms with E-state index in [4.69, 9.17) is 13.9 Å². The molecule has 0 aliphatic carbocycles. The molecule has 0 unspecified atom stereocenters. The van der Waals surface area contributed by atoms with Crippen LogP contribution in [0.2, 0.25) is 0 Å². The van der Waals surface area contributed by atoms with E-state index in [0.717, 1.165) is 5.56 Å². The Morgan fingerprint density at radius 2 is 1.83 bits per heavy atom. The monoisotopic (exact) mass is 397 g/mol. The van der Waals surface area contributed by atoms with Crippen LogP contribution in [-0.4, -0.2) is 23.0 Å². The standard InChI is InChI=1S/C22H23NO6/c1-11(2)28-21(25)19-13(4)20(23-14(19)5)22(26)27-10-15-9-18(24)29-17-8-12(3)6-7-16(15)17/h6-9,11,23H,10H2,1-5H3. The van der Waals surface area contributed by atoms with E-state index in [1.807, 2.05) is 19.1 Å². The average Bonchev–Trinajstić information content (AvgIpc) is 2.92. The van der Waals surface area contributed by atoms with Crippen LogP contribution in [0.1, 0.15) is 57.1 Å². The van der Waals surface area contributed by atoms with Crippen molar-refractivity contribution in [2.75, 3.05) is 0 Å². The molecule has 1 aromatic carbocycles. The van der Waals surface area contributed by atoms with Crippen LogP contribution in [0.4, 0.5) is 0 Å². The zero-order chi connectivity index (χ0) is 21.3. The van der Waals surface area contributed by atoms with Gasteiger partial charge in [0.2, 0.25) is 0 Å². The molecule has 0 saturated heterocycles. The Balaban J connectivity index is 1.85. The Morgan fingerprint density at radius 1 is 1.10 bits per heavy atom. The molecule has 7 heteroatoms. The molecule has 0 amide bonds. The number of ether oxygens (including phenoxy) is 2. The summed E-state index contributed by atoms with van der Waals surface area (Å²) in [5, 5.41) is 0.698. The number of hydrogen-bond acceptors (Lipinski definition) is 6. The zero-order valence-electron chi connectivity index (χ0n) is 17.0. The minimum atomic E-state index is -0.623. The molecular formula is C22H23NO6. The van der Waals surface area contributed by atoms with Crippen molar-refractivity contribution in [1.29, 1.82) is 0 Å². The highest BCUT2D eigenvalue weighted by Crippen LogP contribution is 2.22. The molecule has 0 atom stereocenters. The van der Waals surface area contributed by atoms with Crippen molar-refractivity contribution in [1.82, 2.24) is 4.98 Å². The lowest BCUT2D eigenvalue weighted by atomic mass is 10.1. The Kier molecular flexibility index (Phi) is 5.59. The molecule has 29 heavy (non-hydrogen) atoms. The van der Waals surface area contributed by atoms with E-state index in [0.29, 0.717) is 33.4 Å².